The number of aliphatic hydroxyl groups excluding tert-OH is 1. The van der Waals surface area contributed by atoms with E-state index in [0.717, 1.165) is 0 Å². The zero-order valence-electron chi connectivity index (χ0n) is 5.26. The predicted octanol–water partition coefficient (Wildman–Crippen LogP) is 0.483. The van der Waals surface area contributed by atoms with Crippen LogP contribution in [0.3, 0.4) is 0 Å². The fourth-order valence-electron chi connectivity index (χ4n) is 0.882. The summed E-state index contributed by atoms with van der Waals surface area (Å²) in [6.07, 6.45) is -2.83. The van der Waals surface area contributed by atoms with Gasteiger partial charge in [-0.15, -0.1) is 0 Å². The fourth-order valence-corrected chi connectivity index (χ4v) is 0.882. The molecule has 4 heteroatoms. The van der Waals surface area contributed by atoms with Crippen LogP contribution in [0.1, 0.15) is 6.42 Å². The minimum absolute atomic E-state index is 0.400. The molecule has 0 spiro atoms. The van der Waals surface area contributed by atoms with Crippen molar-refractivity contribution in [3.63, 3.8) is 0 Å². The number of hydrogen-bond donors (Lipinski definition) is 1. The van der Waals surface area contributed by atoms with E-state index in [4.69, 9.17) is 12.0 Å². The van der Waals surface area contributed by atoms with Crippen molar-refractivity contribution >= 4 is 0 Å². The Labute approximate surface area is 57.8 Å². The van der Waals surface area contributed by atoms with Crippen molar-refractivity contribution in [3.8, 4) is 0 Å². The van der Waals surface area contributed by atoms with Gasteiger partial charge in [0.25, 0.3) is 5.92 Å². The molecule has 0 aliphatic carbocycles. The van der Waals surface area contributed by atoms with E-state index in [1.54, 1.807) is 0 Å². The van der Waals surface area contributed by atoms with Crippen LogP contribution in [-0.4, -0.2) is 29.8 Å². The van der Waals surface area contributed by atoms with Gasteiger partial charge in [-0.3, -0.25) is 0 Å². The van der Waals surface area contributed by atoms with E-state index in [1.165, 1.54) is 0 Å². The van der Waals surface area contributed by atoms with E-state index in [9.17, 15) is 8.78 Å². The van der Waals surface area contributed by atoms with Crippen molar-refractivity contribution < 1.29 is 18.6 Å². The van der Waals surface area contributed by atoms with E-state index >= 15 is 0 Å². The highest BCUT2D eigenvalue weighted by Gasteiger charge is 2.47. The van der Waals surface area contributed by atoms with E-state index < -0.39 is 31.2 Å². The maximum absolute atomic E-state index is 12.4. The molecule has 0 bridgehead atoms. The Morgan fingerprint density at radius 1 is 1.70 bits per heavy atom. The van der Waals surface area contributed by atoms with Crippen LogP contribution in [0, 0.1) is 6.92 Å². The predicted molar refractivity (Wildman–Crippen MR) is 29.6 cm³/mol. The van der Waals surface area contributed by atoms with Gasteiger partial charge in [-0.05, 0) is 0 Å². The first-order valence-electron chi connectivity index (χ1n) is 2.96. The van der Waals surface area contributed by atoms with Crippen LogP contribution in [0.15, 0.2) is 0 Å². The summed E-state index contributed by atoms with van der Waals surface area (Å²) >= 11 is 0. The monoisotopic (exact) mass is 150 g/mol. The van der Waals surface area contributed by atoms with Gasteiger partial charge in [0.15, 0.2) is 0 Å². The van der Waals surface area contributed by atoms with Crippen molar-refractivity contribution in [2.45, 2.75) is 24.6 Å². The third kappa shape index (κ3) is 1.27. The first kappa shape index (κ1) is 7.88. The second-order valence-corrected chi connectivity index (χ2v) is 2.33. The Bertz CT molecular complexity index is 127. The molecular weight excluding hydrogens is 142 g/mol. The minimum atomic E-state index is -2.98. The van der Waals surface area contributed by atoms with Crippen molar-refractivity contribution in [3.05, 3.63) is 6.92 Å². The van der Waals surface area contributed by atoms with E-state index in [1.807, 2.05) is 0 Å². The topological polar surface area (TPSA) is 29.5 Å². The van der Waals surface area contributed by atoms with Gasteiger partial charge in [0, 0.05) is 13.3 Å². The summed E-state index contributed by atoms with van der Waals surface area (Å²) in [5.74, 6) is -2.98. The largest absolute Gasteiger partial charge is 0.394 e. The molecule has 0 saturated carbocycles. The summed E-state index contributed by atoms with van der Waals surface area (Å²) in [5, 5.41) is 8.40. The Kier molecular flexibility index (Phi) is 1.92. The molecule has 1 aliphatic rings. The molecule has 0 amide bonds. The number of aliphatic hydroxyl groups is 1. The van der Waals surface area contributed by atoms with Gasteiger partial charge in [-0.2, -0.15) is 0 Å². The number of ether oxygens (including phenoxy) is 1. The highest BCUT2D eigenvalue weighted by molar-refractivity contribution is 4.89. The number of rotatable bonds is 1. The molecule has 0 aromatic carbocycles. The van der Waals surface area contributed by atoms with Crippen molar-refractivity contribution in [2.24, 2.45) is 0 Å². The summed E-state index contributed by atoms with van der Waals surface area (Å²) in [7, 11) is 0. The van der Waals surface area contributed by atoms with Gasteiger partial charge >= 0.3 is 0 Å². The van der Waals surface area contributed by atoms with Crippen molar-refractivity contribution in [2.75, 3.05) is 6.61 Å². The van der Waals surface area contributed by atoms with Gasteiger partial charge in [0.05, 0.1) is 12.7 Å². The van der Waals surface area contributed by atoms with Crippen LogP contribution in [0.4, 0.5) is 8.78 Å². The molecule has 2 radical (unpaired) electrons. The van der Waals surface area contributed by atoms with Gasteiger partial charge in [-0.25, -0.2) is 8.78 Å². The third-order valence-electron chi connectivity index (χ3n) is 1.46. The van der Waals surface area contributed by atoms with Crippen LogP contribution in [0.5, 0.6) is 0 Å². The first-order chi connectivity index (χ1) is 4.56. The second-order valence-electron chi connectivity index (χ2n) is 2.33. The van der Waals surface area contributed by atoms with Crippen LogP contribution < -0.4 is 0 Å². The van der Waals surface area contributed by atoms with Crippen LogP contribution in [0.2, 0.25) is 0 Å². The normalized spacial score (nSPS) is 38.4. The zero-order chi connectivity index (χ0) is 7.78. The molecule has 2 nitrogen and oxygen atoms in total. The highest BCUT2D eigenvalue weighted by atomic mass is 19.3. The van der Waals surface area contributed by atoms with Crippen molar-refractivity contribution in [1.82, 2.24) is 0 Å². The SMILES string of the molecule is [CH]C1O[C@H](CO)CC1(F)F. The maximum atomic E-state index is 12.4. The molecule has 0 aromatic rings. The van der Waals surface area contributed by atoms with Gasteiger partial charge < -0.3 is 9.84 Å². The first-order valence-corrected chi connectivity index (χ1v) is 2.96. The average molecular weight is 150 g/mol. The molecule has 1 N–H and O–H groups in total. The van der Waals surface area contributed by atoms with Crippen LogP contribution >= 0.6 is 0 Å². The number of halogens is 2. The lowest BCUT2D eigenvalue weighted by Crippen LogP contribution is -2.24. The van der Waals surface area contributed by atoms with Gasteiger partial charge in [-0.1, -0.05) is 0 Å². The van der Waals surface area contributed by atoms with Crippen LogP contribution in [0.25, 0.3) is 0 Å². The lowest BCUT2D eigenvalue weighted by Gasteiger charge is -2.10. The molecule has 58 valence electrons. The fraction of sp³-hybridized carbons (Fsp3) is 0.833. The second kappa shape index (κ2) is 2.43. The summed E-state index contributed by atoms with van der Waals surface area (Å²) in [6.45, 7) is 4.50. The molecule has 1 unspecified atom stereocenters. The molecule has 2 atom stereocenters. The van der Waals surface area contributed by atoms with Crippen molar-refractivity contribution in [1.29, 1.82) is 0 Å². The third-order valence-corrected chi connectivity index (χ3v) is 1.46. The number of hydrogen-bond acceptors (Lipinski definition) is 2. The molecule has 1 heterocycles. The summed E-state index contributed by atoms with van der Waals surface area (Å²) in [5.41, 5.74) is 0. The molecule has 1 rings (SSSR count). The molecule has 1 saturated heterocycles. The lowest BCUT2D eigenvalue weighted by atomic mass is 10.1. The molecular formula is C6H8F2O2. The molecule has 1 aliphatic heterocycles. The highest BCUT2D eigenvalue weighted by Crippen LogP contribution is 2.34. The average Bonchev–Trinajstić information content (AvgIpc) is 2.08. The Hall–Kier alpha value is -0.220. The standard InChI is InChI=1S/C6H8F2O2/c1-4-6(7,8)2-5(3-9)10-4/h1,4-5,9H,2-3H2/t4?,5-/m0/s1. The molecule has 1 fully saturated rings. The van der Waals surface area contributed by atoms with Gasteiger partial charge in [0.2, 0.25) is 0 Å². The van der Waals surface area contributed by atoms with E-state index in [2.05, 4.69) is 4.74 Å². The lowest BCUT2D eigenvalue weighted by molar-refractivity contribution is -0.0545. The minimum Gasteiger partial charge on any atom is -0.394 e. The quantitative estimate of drug-likeness (QED) is 0.589. The van der Waals surface area contributed by atoms with Gasteiger partial charge in [0.1, 0.15) is 6.10 Å². The Balaban J connectivity index is 2.53. The summed E-state index contributed by atoms with van der Waals surface area (Å²) in [6, 6.07) is 0. The Morgan fingerprint density at radius 3 is 2.50 bits per heavy atom. The summed E-state index contributed by atoms with van der Waals surface area (Å²) in [4.78, 5) is 0. The Morgan fingerprint density at radius 2 is 2.30 bits per heavy atom. The molecule has 10 heavy (non-hydrogen) atoms. The smallest absolute Gasteiger partial charge is 0.276 e. The maximum Gasteiger partial charge on any atom is 0.276 e. The molecule has 0 aromatic heterocycles. The van der Waals surface area contributed by atoms with E-state index in [0.29, 0.717) is 0 Å². The zero-order valence-corrected chi connectivity index (χ0v) is 5.26. The number of alkyl halides is 2. The summed E-state index contributed by atoms with van der Waals surface area (Å²) < 4.78 is 29.3. The van der Waals surface area contributed by atoms with E-state index in [-0.39, 0.29) is 0 Å². The van der Waals surface area contributed by atoms with Crippen LogP contribution in [-0.2, 0) is 4.74 Å².